The predicted molar refractivity (Wildman–Crippen MR) is 168 cm³/mol. The molecule has 0 bridgehead atoms. The number of hydrogen-bond acceptors (Lipinski definition) is 5. The van der Waals surface area contributed by atoms with E-state index in [1.807, 2.05) is 88.7 Å². The topological polar surface area (TPSA) is 73.8 Å². The van der Waals surface area contributed by atoms with Gasteiger partial charge in [0.25, 0.3) is 11.8 Å². The molecule has 7 nitrogen and oxygen atoms in total. The Labute approximate surface area is 252 Å². The molecule has 2 saturated heterocycles. The van der Waals surface area contributed by atoms with Gasteiger partial charge in [-0.1, -0.05) is 78.9 Å². The fraction of sp³-hybridized carbons (Fsp3) is 0.278. The summed E-state index contributed by atoms with van der Waals surface area (Å²) in [6.45, 7) is 5.76. The number of likely N-dealkylation sites (tertiary alicyclic amines) is 1. The number of hydrogen-bond donors (Lipinski definition) is 0. The molecule has 43 heavy (non-hydrogen) atoms. The molecular formula is C36H36N4O3. The van der Waals surface area contributed by atoms with Gasteiger partial charge in [-0.15, -0.1) is 0 Å². The minimum absolute atomic E-state index is 0.0287. The van der Waals surface area contributed by atoms with Gasteiger partial charge >= 0.3 is 0 Å². The zero-order chi connectivity index (χ0) is 29.8. The fourth-order valence-electron chi connectivity index (χ4n) is 6.22. The van der Waals surface area contributed by atoms with Crippen LogP contribution in [0, 0.1) is 0 Å². The molecule has 2 aliphatic heterocycles. The maximum Gasteiger partial charge on any atom is 0.254 e. The van der Waals surface area contributed by atoms with Gasteiger partial charge in [-0.2, -0.15) is 0 Å². The number of aromatic nitrogens is 1. The number of ketones is 1. The molecule has 2 fully saturated rings. The van der Waals surface area contributed by atoms with Crippen molar-refractivity contribution in [3.8, 4) is 22.5 Å². The number of piperidine rings is 1. The summed E-state index contributed by atoms with van der Waals surface area (Å²) in [6.07, 6.45) is 1.76. The van der Waals surface area contributed by atoms with Gasteiger partial charge in [0.15, 0.2) is 5.78 Å². The van der Waals surface area contributed by atoms with Gasteiger partial charge < -0.3 is 9.80 Å². The number of Topliss-reactive ketones (excluding diaryl/α,β-unsaturated/α-hetero) is 1. The lowest BCUT2D eigenvalue weighted by Crippen LogP contribution is -2.54. The minimum Gasteiger partial charge on any atom is -0.339 e. The van der Waals surface area contributed by atoms with Gasteiger partial charge in [-0.25, -0.2) is 4.98 Å². The highest BCUT2D eigenvalue weighted by molar-refractivity contribution is 6.07. The molecule has 3 heterocycles. The zero-order valence-corrected chi connectivity index (χ0v) is 24.5. The van der Waals surface area contributed by atoms with Crippen LogP contribution >= 0.6 is 0 Å². The number of benzene rings is 3. The van der Waals surface area contributed by atoms with Gasteiger partial charge in [-0.05, 0) is 38.0 Å². The Morgan fingerprint density at radius 2 is 1.09 bits per heavy atom. The van der Waals surface area contributed by atoms with Crippen molar-refractivity contribution in [2.45, 2.75) is 25.8 Å². The van der Waals surface area contributed by atoms with Gasteiger partial charge in [0.05, 0.1) is 17.0 Å². The molecule has 0 atom stereocenters. The highest BCUT2D eigenvalue weighted by Gasteiger charge is 2.31. The minimum atomic E-state index is -0.0920. The van der Waals surface area contributed by atoms with Crippen molar-refractivity contribution in [2.75, 3.05) is 39.3 Å². The van der Waals surface area contributed by atoms with Crippen molar-refractivity contribution >= 4 is 17.6 Å². The second-order valence-electron chi connectivity index (χ2n) is 11.3. The maximum absolute atomic E-state index is 13.8. The Balaban J connectivity index is 1.10. The highest BCUT2D eigenvalue weighted by atomic mass is 16.2. The van der Waals surface area contributed by atoms with Gasteiger partial charge in [0, 0.05) is 67.6 Å². The second kappa shape index (κ2) is 12.7. The number of rotatable bonds is 6. The van der Waals surface area contributed by atoms with Crippen LogP contribution in [0.4, 0.5) is 0 Å². The largest absolute Gasteiger partial charge is 0.339 e. The van der Waals surface area contributed by atoms with Gasteiger partial charge in [0.1, 0.15) is 0 Å². The lowest BCUT2D eigenvalue weighted by molar-refractivity contribution is 0.0411. The van der Waals surface area contributed by atoms with Crippen molar-refractivity contribution in [1.82, 2.24) is 19.7 Å². The van der Waals surface area contributed by atoms with Crippen LogP contribution in [0.2, 0.25) is 0 Å². The van der Waals surface area contributed by atoms with Crippen LogP contribution in [0.1, 0.15) is 50.8 Å². The van der Waals surface area contributed by atoms with E-state index in [0.29, 0.717) is 48.9 Å². The molecule has 0 spiro atoms. The Morgan fingerprint density at radius 3 is 1.63 bits per heavy atom. The quantitative estimate of drug-likeness (QED) is 0.278. The first-order chi connectivity index (χ1) is 21.0. The number of carbonyl (C=O) groups is 3. The summed E-state index contributed by atoms with van der Waals surface area (Å²) >= 11 is 0. The molecule has 0 N–H and O–H groups in total. The highest BCUT2D eigenvalue weighted by Crippen LogP contribution is 2.27. The number of amides is 2. The third-order valence-corrected chi connectivity index (χ3v) is 8.62. The molecule has 4 aromatic rings. The molecule has 7 heteroatoms. The summed E-state index contributed by atoms with van der Waals surface area (Å²) in [4.78, 5) is 50.2. The van der Waals surface area contributed by atoms with E-state index in [2.05, 4.69) is 4.90 Å². The number of pyridine rings is 1. The Kier molecular flexibility index (Phi) is 8.43. The summed E-state index contributed by atoms with van der Waals surface area (Å²) in [7, 11) is 0. The van der Waals surface area contributed by atoms with Crippen LogP contribution in [-0.2, 0) is 0 Å². The Bertz CT molecular complexity index is 1550. The van der Waals surface area contributed by atoms with Crippen LogP contribution < -0.4 is 0 Å². The van der Waals surface area contributed by atoms with Crippen molar-refractivity contribution in [3.05, 3.63) is 114 Å². The van der Waals surface area contributed by atoms with Crippen molar-refractivity contribution < 1.29 is 14.4 Å². The Hall–Kier alpha value is -4.62. The molecular weight excluding hydrogens is 536 g/mol. The lowest BCUT2D eigenvalue weighted by atomic mass is 9.99. The predicted octanol–water partition coefficient (Wildman–Crippen LogP) is 5.68. The van der Waals surface area contributed by atoms with Crippen LogP contribution in [0.15, 0.2) is 97.1 Å². The van der Waals surface area contributed by atoms with E-state index in [0.717, 1.165) is 48.4 Å². The Morgan fingerprint density at radius 1 is 0.605 bits per heavy atom. The third-order valence-electron chi connectivity index (χ3n) is 8.62. The number of nitrogens with zero attached hydrogens (tertiary/aromatic N) is 4. The molecule has 2 amide bonds. The van der Waals surface area contributed by atoms with E-state index in [9.17, 15) is 14.4 Å². The van der Waals surface area contributed by atoms with E-state index in [1.54, 1.807) is 18.2 Å². The molecule has 6 rings (SSSR count). The average Bonchev–Trinajstić information content (AvgIpc) is 3.08. The van der Waals surface area contributed by atoms with Crippen LogP contribution in [-0.4, -0.2) is 82.6 Å². The van der Waals surface area contributed by atoms with E-state index in [4.69, 9.17) is 4.98 Å². The molecule has 1 aromatic heterocycles. The standard InChI is InChI=1S/C36H36N4O3/c1-26(41)31-14-8-9-15-32(31)36(43)39-18-16-30(17-19-39)38-20-22-40(23-21-38)35(42)29-24-33(27-10-4-2-5-11-27)37-34(25-29)28-12-6-3-7-13-28/h2-15,24-25,30H,16-23H2,1H3. The van der Waals surface area contributed by atoms with Crippen LogP contribution in [0.25, 0.3) is 22.5 Å². The summed E-state index contributed by atoms with van der Waals surface area (Å²) in [5, 5.41) is 0. The normalized spacial score (nSPS) is 16.2. The molecule has 3 aromatic carbocycles. The summed E-state index contributed by atoms with van der Waals surface area (Å²) in [5.41, 5.74) is 5.16. The monoisotopic (exact) mass is 572 g/mol. The van der Waals surface area contributed by atoms with E-state index in [-0.39, 0.29) is 17.6 Å². The smallest absolute Gasteiger partial charge is 0.254 e. The first-order valence-corrected chi connectivity index (χ1v) is 15.0. The molecule has 0 aliphatic carbocycles. The van der Waals surface area contributed by atoms with E-state index >= 15 is 0 Å². The maximum atomic E-state index is 13.8. The van der Waals surface area contributed by atoms with Gasteiger partial charge in [-0.3, -0.25) is 19.3 Å². The molecule has 218 valence electrons. The van der Waals surface area contributed by atoms with E-state index < -0.39 is 0 Å². The molecule has 2 aliphatic rings. The van der Waals surface area contributed by atoms with Crippen LogP contribution in [0.3, 0.4) is 0 Å². The van der Waals surface area contributed by atoms with E-state index in [1.165, 1.54) is 6.92 Å². The van der Waals surface area contributed by atoms with Crippen LogP contribution in [0.5, 0.6) is 0 Å². The van der Waals surface area contributed by atoms with Crippen molar-refractivity contribution in [3.63, 3.8) is 0 Å². The van der Waals surface area contributed by atoms with Crippen molar-refractivity contribution in [2.24, 2.45) is 0 Å². The third kappa shape index (κ3) is 6.27. The summed E-state index contributed by atoms with van der Waals surface area (Å²) < 4.78 is 0. The summed E-state index contributed by atoms with van der Waals surface area (Å²) in [6, 6.07) is 31.2. The fourth-order valence-corrected chi connectivity index (χ4v) is 6.22. The lowest BCUT2D eigenvalue weighted by Gasteiger charge is -2.42. The molecule has 0 radical (unpaired) electrons. The molecule has 0 unspecified atom stereocenters. The number of piperazine rings is 1. The SMILES string of the molecule is CC(=O)c1ccccc1C(=O)N1CCC(N2CCN(C(=O)c3cc(-c4ccccc4)nc(-c4ccccc4)c3)CC2)CC1. The average molecular weight is 573 g/mol. The first kappa shape index (κ1) is 28.5. The summed E-state index contributed by atoms with van der Waals surface area (Å²) in [5.74, 6) is -0.131. The second-order valence-corrected chi connectivity index (χ2v) is 11.3. The molecule has 0 saturated carbocycles. The zero-order valence-electron chi connectivity index (χ0n) is 24.5. The van der Waals surface area contributed by atoms with Gasteiger partial charge in [0.2, 0.25) is 0 Å². The first-order valence-electron chi connectivity index (χ1n) is 15.0. The number of carbonyl (C=O) groups excluding carboxylic acids is 3. The van der Waals surface area contributed by atoms with Crippen molar-refractivity contribution in [1.29, 1.82) is 0 Å².